The van der Waals surface area contributed by atoms with Gasteiger partial charge in [-0.15, -0.1) is 0 Å². The summed E-state index contributed by atoms with van der Waals surface area (Å²) in [5, 5.41) is 4.47. The molecule has 0 radical (unpaired) electrons. The van der Waals surface area contributed by atoms with Crippen molar-refractivity contribution in [2.24, 2.45) is 5.73 Å². The lowest BCUT2D eigenvalue weighted by Gasteiger charge is -2.05. The molecule has 0 saturated carbocycles. The van der Waals surface area contributed by atoms with E-state index in [1.807, 2.05) is 0 Å². The number of nitrogens with zero attached hydrogens (tertiary/aromatic N) is 2. The van der Waals surface area contributed by atoms with E-state index in [1.165, 1.54) is 10.7 Å². The summed E-state index contributed by atoms with van der Waals surface area (Å²) >= 11 is 5.99. The highest BCUT2D eigenvalue weighted by molar-refractivity contribution is 6.32. The average molecular weight is 237 g/mol. The van der Waals surface area contributed by atoms with Crippen LogP contribution in [0, 0.1) is 0 Å². The molecule has 0 aliphatic carbocycles. The molecule has 0 saturated heterocycles. The van der Waals surface area contributed by atoms with Crippen molar-refractivity contribution >= 4 is 23.3 Å². The molecule has 2 rings (SSSR count). The average Bonchev–Trinajstić information content (AvgIpc) is 2.61. The molecule has 1 aromatic carbocycles. The molecule has 1 amide bonds. The molecule has 1 heterocycles. The number of aromatic nitrogens is 2. The van der Waals surface area contributed by atoms with Gasteiger partial charge in [0.05, 0.1) is 10.7 Å². The molecule has 4 N–H and O–H groups in total. The number of benzene rings is 1. The molecule has 0 fully saturated rings. The van der Waals surface area contributed by atoms with Crippen LogP contribution in [0.5, 0.6) is 0 Å². The van der Waals surface area contributed by atoms with Crippen LogP contribution in [0.1, 0.15) is 10.5 Å². The normalized spacial score (nSPS) is 10.3. The summed E-state index contributed by atoms with van der Waals surface area (Å²) in [5.41, 5.74) is 11.5. The minimum absolute atomic E-state index is 0.109. The third-order valence-corrected chi connectivity index (χ3v) is 2.39. The van der Waals surface area contributed by atoms with E-state index < -0.39 is 5.91 Å². The van der Waals surface area contributed by atoms with E-state index in [-0.39, 0.29) is 5.69 Å². The number of primary amides is 1. The first-order valence-electron chi connectivity index (χ1n) is 4.50. The van der Waals surface area contributed by atoms with E-state index in [4.69, 9.17) is 23.1 Å². The minimum atomic E-state index is -0.627. The number of nitrogen functional groups attached to an aromatic ring is 1. The van der Waals surface area contributed by atoms with Crippen molar-refractivity contribution < 1.29 is 4.79 Å². The molecule has 0 aliphatic rings. The van der Waals surface area contributed by atoms with Gasteiger partial charge in [0.1, 0.15) is 5.82 Å². The molecular weight excluding hydrogens is 228 g/mol. The number of halogens is 1. The van der Waals surface area contributed by atoms with Crippen molar-refractivity contribution in [3.63, 3.8) is 0 Å². The SMILES string of the molecule is NC(=O)c1cc(N)n(-c2ccccc2Cl)n1. The lowest BCUT2D eigenvalue weighted by Crippen LogP contribution is -2.12. The lowest BCUT2D eigenvalue weighted by atomic mass is 10.3. The first-order chi connectivity index (χ1) is 7.59. The Morgan fingerprint density at radius 1 is 1.38 bits per heavy atom. The number of rotatable bonds is 2. The Balaban J connectivity index is 2.57. The van der Waals surface area contributed by atoms with E-state index in [9.17, 15) is 4.79 Å². The third kappa shape index (κ3) is 1.72. The second kappa shape index (κ2) is 3.86. The van der Waals surface area contributed by atoms with E-state index in [1.54, 1.807) is 24.3 Å². The fraction of sp³-hybridized carbons (Fsp3) is 0. The van der Waals surface area contributed by atoms with Gasteiger partial charge in [0.25, 0.3) is 5.91 Å². The number of carbonyl (C=O) groups excluding carboxylic acids is 1. The zero-order valence-electron chi connectivity index (χ0n) is 8.22. The van der Waals surface area contributed by atoms with Crippen LogP contribution in [0.25, 0.3) is 5.69 Å². The Hall–Kier alpha value is -2.01. The minimum Gasteiger partial charge on any atom is -0.384 e. The van der Waals surface area contributed by atoms with Crippen molar-refractivity contribution in [3.8, 4) is 5.69 Å². The van der Waals surface area contributed by atoms with Crippen LogP contribution in [-0.4, -0.2) is 15.7 Å². The van der Waals surface area contributed by atoms with Gasteiger partial charge in [-0.25, -0.2) is 4.68 Å². The van der Waals surface area contributed by atoms with Crippen LogP contribution in [0.2, 0.25) is 5.02 Å². The number of carbonyl (C=O) groups is 1. The standard InChI is InChI=1S/C10H9ClN4O/c11-6-3-1-2-4-8(6)15-9(12)5-7(14-15)10(13)16/h1-5H,12H2,(H2,13,16). The topological polar surface area (TPSA) is 86.9 Å². The molecule has 5 nitrogen and oxygen atoms in total. The number of amides is 1. The quantitative estimate of drug-likeness (QED) is 0.822. The molecular formula is C10H9ClN4O. The highest BCUT2D eigenvalue weighted by atomic mass is 35.5. The first-order valence-corrected chi connectivity index (χ1v) is 4.87. The van der Waals surface area contributed by atoms with Gasteiger partial charge in [-0.1, -0.05) is 23.7 Å². The molecule has 0 unspecified atom stereocenters. The highest BCUT2D eigenvalue weighted by Crippen LogP contribution is 2.22. The maximum atomic E-state index is 10.9. The summed E-state index contributed by atoms with van der Waals surface area (Å²) in [6, 6.07) is 8.46. The molecule has 0 spiro atoms. The van der Waals surface area contributed by atoms with E-state index >= 15 is 0 Å². The van der Waals surface area contributed by atoms with Crippen LogP contribution >= 0.6 is 11.6 Å². The molecule has 1 aromatic heterocycles. The summed E-state index contributed by atoms with van der Waals surface area (Å²) in [7, 11) is 0. The fourth-order valence-electron chi connectivity index (χ4n) is 1.33. The predicted molar refractivity (Wildman–Crippen MR) is 61.5 cm³/mol. The van der Waals surface area contributed by atoms with Gasteiger partial charge < -0.3 is 11.5 Å². The van der Waals surface area contributed by atoms with Crippen molar-refractivity contribution in [1.82, 2.24) is 9.78 Å². The zero-order chi connectivity index (χ0) is 11.7. The second-order valence-electron chi connectivity index (χ2n) is 3.18. The molecule has 0 bridgehead atoms. The van der Waals surface area contributed by atoms with Crippen molar-refractivity contribution in [2.75, 3.05) is 5.73 Å². The number of hydrogen-bond acceptors (Lipinski definition) is 3. The molecule has 2 aromatic rings. The number of para-hydroxylation sites is 1. The maximum Gasteiger partial charge on any atom is 0.269 e. The maximum absolute atomic E-state index is 10.9. The van der Waals surface area contributed by atoms with Crippen LogP contribution in [0.15, 0.2) is 30.3 Å². The van der Waals surface area contributed by atoms with E-state index in [0.717, 1.165) is 0 Å². The third-order valence-electron chi connectivity index (χ3n) is 2.07. The molecule has 0 atom stereocenters. The number of hydrogen-bond donors (Lipinski definition) is 2. The Bertz CT molecular complexity index is 550. The van der Waals surface area contributed by atoms with Gasteiger partial charge in [0, 0.05) is 6.07 Å². The summed E-state index contributed by atoms with van der Waals surface area (Å²) in [4.78, 5) is 10.9. The molecule has 82 valence electrons. The summed E-state index contributed by atoms with van der Waals surface area (Å²) in [6.07, 6.45) is 0. The van der Waals surface area contributed by atoms with Crippen LogP contribution in [-0.2, 0) is 0 Å². The van der Waals surface area contributed by atoms with Gasteiger partial charge in [0.15, 0.2) is 5.69 Å². The second-order valence-corrected chi connectivity index (χ2v) is 3.59. The largest absolute Gasteiger partial charge is 0.384 e. The Labute approximate surface area is 96.6 Å². The predicted octanol–water partition coefficient (Wildman–Crippen LogP) is 1.21. The van der Waals surface area contributed by atoms with Gasteiger partial charge in [0.2, 0.25) is 0 Å². The van der Waals surface area contributed by atoms with Gasteiger partial charge >= 0.3 is 0 Å². The van der Waals surface area contributed by atoms with Crippen molar-refractivity contribution in [1.29, 1.82) is 0 Å². The fourth-order valence-corrected chi connectivity index (χ4v) is 1.55. The number of anilines is 1. The monoisotopic (exact) mass is 236 g/mol. The first kappa shape index (κ1) is 10.5. The summed E-state index contributed by atoms with van der Waals surface area (Å²) in [6.45, 7) is 0. The van der Waals surface area contributed by atoms with Crippen LogP contribution in [0.3, 0.4) is 0 Å². The van der Waals surface area contributed by atoms with E-state index in [0.29, 0.717) is 16.5 Å². The van der Waals surface area contributed by atoms with Gasteiger partial charge in [-0.3, -0.25) is 4.79 Å². The molecule has 6 heteroatoms. The summed E-state index contributed by atoms with van der Waals surface area (Å²) in [5.74, 6) is -0.320. The lowest BCUT2D eigenvalue weighted by molar-refractivity contribution is 0.0995. The van der Waals surface area contributed by atoms with Crippen molar-refractivity contribution in [3.05, 3.63) is 41.0 Å². The Morgan fingerprint density at radius 3 is 2.62 bits per heavy atom. The van der Waals surface area contributed by atoms with Crippen LogP contribution < -0.4 is 11.5 Å². The van der Waals surface area contributed by atoms with Crippen LogP contribution in [0.4, 0.5) is 5.82 Å². The number of nitrogens with two attached hydrogens (primary N) is 2. The summed E-state index contributed by atoms with van der Waals surface area (Å²) < 4.78 is 1.38. The van der Waals surface area contributed by atoms with E-state index in [2.05, 4.69) is 5.10 Å². The van der Waals surface area contributed by atoms with Gasteiger partial charge in [-0.05, 0) is 12.1 Å². The highest BCUT2D eigenvalue weighted by Gasteiger charge is 2.12. The van der Waals surface area contributed by atoms with Crippen molar-refractivity contribution in [2.45, 2.75) is 0 Å². The Kier molecular flexibility index (Phi) is 2.54. The zero-order valence-corrected chi connectivity index (χ0v) is 8.98. The molecule has 0 aliphatic heterocycles. The molecule has 16 heavy (non-hydrogen) atoms. The Morgan fingerprint density at radius 2 is 2.06 bits per heavy atom. The smallest absolute Gasteiger partial charge is 0.269 e. The van der Waals surface area contributed by atoms with Gasteiger partial charge in [-0.2, -0.15) is 5.10 Å².